The van der Waals surface area contributed by atoms with E-state index in [-0.39, 0.29) is 11.9 Å². The van der Waals surface area contributed by atoms with Crippen LogP contribution in [-0.2, 0) is 11.2 Å². The lowest BCUT2D eigenvalue weighted by Gasteiger charge is -2.23. The van der Waals surface area contributed by atoms with E-state index in [0.29, 0.717) is 18.0 Å². The van der Waals surface area contributed by atoms with Crippen LogP contribution in [0.15, 0.2) is 85.3 Å². The maximum absolute atomic E-state index is 13.6. The van der Waals surface area contributed by atoms with Crippen molar-refractivity contribution in [1.82, 2.24) is 20.3 Å². The van der Waals surface area contributed by atoms with Gasteiger partial charge in [-0.3, -0.25) is 20.1 Å². The van der Waals surface area contributed by atoms with E-state index >= 15 is 0 Å². The van der Waals surface area contributed by atoms with E-state index in [1.807, 2.05) is 80.6 Å². The van der Waals surface area contributed by atoms with Crippen molar-refractivity contribution in [3.63, 3.8) is 0 Å². The fourth-order valence-corrected chi connectivity index (χ4v) is 3.90. The minimum Gasteiger partial charge on any atom is -0.480 e. The Bertz CT molecular complexity index is 1260. The molecule has 1 aromatic carbocycles. The number of methoxy groups -OCH3 is 1. The third kappa shape index (κ3) is 6.28. The second kappa shape index (κ2) is 11.4. The van der Waals surface area contributed by atoms with Gasteiger partial charge in [-0.15, -0.1) is 0 Å². The Morgan fingerprint density at radius 3 is 2.46 bits per heavy atom. The third-order valence-electron chi connectivity index (χ3n) is 5.71. The first-order valence-corrected chi connectivity index (χ1v) is 11.5. The summed E-state index contributed by atoms with van der Waals surface area (Å²) in [4.78, 5) is 26.7. The number of pyridine rings is 3. The highest BCUT2D eigenvalue weighted by atomic mass is 16.5. The number of amides is 1. The van der Waals surface area contributed by atoms with Crippen LogP contribution in [0.4, 0.5) is 5.69 Å². The lowest BCUT2D eigenvalue weighted by atomic mass is 10.0. The van der Waals surface area contributed by atoms with Gasteiger partial charge < -0.3 is 10.1 Å². The van der Waals surface area contributed by atoms with Crippen molar-refractivity contribution in [3.05, 3.63) is 102 Å². The molecular formula is C28H29N5O2. The van der Waals surface area contributed by atoms with Gasteiger partial charge in [0.25, 0.3) is 0 Å². The standard InChI is InChI=1S/C28H29N5O2/c1-19-15-22(12-14-29-19)23-17-26(28(35-3)31-18-23)33-27(34)25(16-21-9-5-4-6-10-21)32-20(2)24-11-7-8-13-30-24/h4-15,17-18,20,25,32H,16H2,1-3H3,(H,33,34)/t20-,25?/m0/s1. The summed E-state index contributed by atoms with van der Waals surface area (Å²) >= 11 is 0. The van der Waals surface area contributed by atoms with E-state index < -0.39 is 6.04 Å². The van der Waals surface area contributed by atoms with Gasteiger partial charge in [-0.1, -0.05) is 36.4 Å². The summed E-state index contributed by atoms with van der Waals surface area (Å²) in [6.07, 6.45) is 5.75. The first-order chi connectivity index (χ1) is 17.0. The number of aromatic nitrogens is 3. The first kappa shape index (κ1) is 24.0. The topological polar surface area (TPSA) is 89.0 Å². The fraction of sp³-hybridized carbons (Fsp3) is 0.214. The molecule has 7 nitrogen and oxygen atoms in total. The maximum atomic E-state index is 13.6. The van der Waals surface area contributed by atoms with Crippen LogP contribution in [0.5, 0.6) is 5.88 Å². The minimum absolute atomic E-state index is 0.123. The minimum atomic E-state index is -0.508. The summed E-state index contributed by atoms with van der Waals surface area (Å²) in [6.45, 7) is 3.94. The van der Waals surface area contributed by atoms with Crippen LogP contribution in [0.3, 0.4) is 0 Å². The maximum Gasteiger partial charge on any atom is 0.242 e. The molecule has 0 aliphatic rings. The summed E-state index contributed by atoms with van der Waals surface area (Å²) < 4.78 is 5.44. The molecule has 4 aromatic rings. The number of aryl methyl sites for hydroxylation is 1. The Labute approximate surface area is 205 Å². The van der Waals surface area contributed by atoms with Gasteiger partial charge in [0, 0.05) is 35.9 Å². The number of carbonyl (C=O) groups is 1. The normalized spacial score (nSPS) is 12.5. The molecule has 0 saturated carbocycles. The second-order valence-corrected chi connectivity index (χ2v) is 8.34. The number of rotatable bonds is 9. The van der Waals surface area contributed by atoms with Crippen molar-refractivity contribution in [2.24, 2.45) is 0 Å². The van der Waals surface area contributed by atoms with Gasteiger partial charge in [0.15, 0.2) is 0 Å². The van der Waals surface area contributed by atoms with Gasteiger partial charge in [-0.25, -0.2) is 4.98 Å². The molecule has 2 atom stereocenters. The highest BCUT2D eigenvalue weighted by Gasteiger charge is 2.23. The summed E-state index contributed by atoms with van der Waals surface area (Å²) in [5.41, 5.74) is 5.16. The Kier molecular flexibility index (Phi) is 7.80. The fourth-order valence-electron chi connectivity index (χ4n) is 3.90. The molecule has 3 heterocycles. The lowest BCUT2D eigenvalue weighted by Crippen LogP contribution is -2.43. The molecule has 0 aliphatic heterocycles. The Morgan fingerprint density at radius 2 is 1.74 bits per heavy atom. The van der Waals surface area contributed by atoms with E-state index in [4.69, 9.17) is 4.74 Å². The molecule has 2 N–H and O–H groups in total. The predicted molar refractivity (Wildman–Crippen MR) is 137 cm³/mol. The van der Waals surface area contributed by atoms with Crippen LogP contribution in [0.25, 0.3) is 11.1 Å². The van der Waals surface area contributed by atoms with E-state index in [1.54, 1.807) is 18.6 Å². The number of hydrogen-bond acceptors (Lipinski definition) is 6. The number of nitrogens with zero attached hydrogens (tertiary/aromatic N) is 3. The van der Waals surface area contributed by atoms with Crippen molar-refractivity contribution >= 4 is 11.6 Å². The van der Waals surface area contributed by atoms with Crippen LogP contribution in [-0.4, -0.2) is 34.0 Å². The molecule has 0 fully saturated rings. The SMILES string of the molecule is COc1ncc(-c2ccnc(C)c2)cc1NC(=O)C(Cc1ccccc1)N[C@@H](C)c1ccccn1. The van der Waals surface area contributed by atoms with Crippen molar-refractivity contribution in [2.75, 3.05) is 12.4 Å². The third-order valence-corrected chi connectivity index (χ3v) is 5.71. The highest BCUT2D eigenvalue weighted by molar-refractivity contribution is 5.96. The number of benzene rings is 1. The molecular weight excluding hydrogens is 438 g/mol. The zero-order valence-corrected chi connectivity index (χ0v) is 20.1. The number of ether oxygens (including phenoxy) is 1. The molecule has 1 amide bonds. The number of carbonyl (C=O) groups excluding carboxylic acids is 1. The van der Waals surface area contributed by atoms with E-state index in [2.05, 4.69) is 25.6 Å². The molecule has 0 bridgehead atoms. The van der Waals surface area contributed by atoms with Crippen molar-refractivity contribution in [1.29, 1.82) is 0 Å². The van der Waals surface area contributed by atoms with Gasteiger partial charge in [0.2, 0.25) is 11.8 Å². The van der Waals surface area contributed by atoms with E-state index in [0.717, 1.165) is 28.1 Å². The van der Waals surface area contributed by atoms with Gasteiger partial charge >= 0.3 is 0 Å². The van der Waals surface area contributed by atoms with Crippen LogP contribution in [0.1, 0.15) is 29.9 Å². The van der Waals surface area contributed by atoms with Crippen LogP contribution in [0.2, 0.25) is 0 Å². The zero-order valence-electron chi connectivity index (χ0n) is 20.1. The predicted octanol–water partition coefficient (Wildman–Crippen LogP) is 4.76. The molecule has 35 heavy (non-hydrogen) atoms. The molecule has 0 aliphatic carbocycles. The van der Waals surface area contributed by atoms with E-state index in [9.17, 15) is 4.79 Å². The molecule has 7 heteroatoms. The van der Waals surface area contributed by atoms with E-state index in [1.165, 1.54) is 7.11 Å². The quantitative estimate of drug-likeness (QED) is 0.369. The monoisotopic (exact) mass is 467 g/mol. The molecule has 1 unspecified atom stereocenters. The number of hydrogen-bond donors (Lipinski definition) is 2. The largest absolute Gasteiger partial charge is 0.480 e. The summed E-state index contributed by atoms with van der Waals surface area (Å²) in [5, 5.41) is 6.49. The van der Waals surface area contributed by atoms with Crippen LogP contribution < -0.4 is 15.4 Å². The number of anilines is 1. The second-order valence-electron chi connectivity index (χ2n) is 8.34. The number of nitrogens with one attached hydrogen (secondary N) is 2. The Balaban J connectivity index is 1.60. The lowest BCUT2D eigenvalue weighted by molar-refractivity contribution is -0.118. The molecule has 0 spiro atoms. The molecule has 0 radical (unpaired) electrons. The highest BCUT2D eigenvalue weighted by Crippen LogP contribution is 2.28. The first-order valence-electron chi connectivity index (χ1n) is 11.5. The zero-order chi connectivity index (χ0) is 24.6. The van der Waals surface area contributed by atoms with Crippen molar-refractivity contribution in [2.45, 2.75) is 32.4 Å². The molecule has 3 aromatic heterocycles. The molecule has 0 saturated heterocycles. The average Bonchev–Trinajstić information content (AvgIpc) is 2.89. The van der Waals surface area contributed by atoms with Gasteiger partial charge in [-0.05, 0) is 61.7 Å². The summed E-state index contributed by atoms with van der Waals surface area (Å²) in [7, 11) is 1.54. The van der Waals surface area contributed by atoms with Gasteiger partial charge in [0.05, 0.1) is 18.8 Å². The average molecular weight is 468 g/mol. The van der Waals surface area contributed by atoms with Crippen LogP contribution >= 0.6 is 0 Å². The molecule has 4 rings (SSSR count). The van der Waals surface area contributed by atoms with Crippen LogP contribution in [0, 0.1) is 6.92 Å². The van der Waals surface area contributed by atoms with Gasteiger partial charge in [0.1, 0.15) is 5.69 Å². The van der Waals surface area contributed by atoms with Crippen molar-refractivity contribution in [3.8, 4) is 17.0 Å². The van der Waals surface area contributed by atoms with Crippen molar-refractivity contribution < 1.29 is 9.53 Å². The Morgan fingerprint density at radius 1 is 0.943 bits per heavy atom. The summed E-state index contributed by atoms with van der Waals surface area (Å²) in [6, 6.07) is 20.8. The Hall–Kier alpha value is -4.10. The smallest absolute Gasteiger partial charge is 0.242 e. The summed E-state index contributed by atoms with van der Waals surface area (Å²) in [5.74, 6) is 0.170. The molecule has 178 valence electrons. The van der Waals surface area contributed by atoms with Gasteiger partial charge in [-0.2, -0.15) is 0 Å².